The van der Waals surface area contributed by atoms with Gasteiger partial charge in [0.1, 0.15) is 0 Å². The molecule has 19 heavy (non-hydrogen) atoms. The summed E-state index contributed by atoms with van der Waals surface area (Å²) in [5, 5.41) is 14.1. The van der Waals surface area contributed by atoms with Gasteiger partial charge in [-0.1, -0.05) is 30.3 Å². The minimum Gasteiger partial charge on any atom is -0.504 e. The molecule has 3 heteroatoms. The molecule has 1 heterocycles. The van der Waals surface area contributed by atoms with Crippen molar-refractivity contribution in [3.8, 4) is 11.5 Å². The summed E-state index contributed by atoms with van der Waals surface area (Å²) in [4.78, 5) is 1.29. The van der Waals surface area contributed by atoms with E-state index in [1.54, 1.807) is 17.4 Å². The van der Waals surface area contributed by atoms with Crippen molar-refractivity contribution in [1.82, 2.24) is 0 Å². The molecule has 2 nitrogen and oxygen atoms in total. The third-order valence-corrected chi connectivity index (χ3v) is 3.95. The molecule has 0 aliphatic heterocycles. The Hall–Kier alpha value is -2.00. The van der Waals surface area contributed by atoms with Crippen LogP contribution in [0.4, 0.5) is 0 Å². The summed E-state index contributed by atoms with van der Waals surface area (Å²) >= 11 is 1.72. The van der Waals surface area contributed by atoms with Crippen molar-refractivity contribution in [3.63, 3.8) is 0 Å². The Morgan fingerprint density at radius 3 is 2.53 bits per heavy atom. The van der Waals surface area contributed by atoms with E-state index in [1.807, 2.05) is 36.4 Å². The van der Waals surface area contributed by atoms with Gasteiger partial charge < -0.3 is 9.84 Å². The Morgan fingerprint density at radius 1 is 1.00 bits per heavy atom. The summed E-state index contributed by atoms with van der Waals surface area (Å²) in [7, 11) is 0. The van der Waals surface area contributed by atoms with Crippen LogP contribution in [0.3, 0.4) is 0 Å². The van der Waals surface area contributed by atoms with Gasteiger partial charge in [-0.3, -0.25) is 0 Å². The maximum atomic E-state index is 9.94. The second-order valence-electron chi connectivity index (χ2n) is 4.34. The van der Waals surface area contributed by atoms with E-state index in [-0.39, 0.29) is 5.75 Å². The molecule has 3 aromatic rings. The van der Waals surface area contributed by atoms with Crippen LogP contribution in [0.2, 0.25) is 0 Å². The third-order valence-electron chi connectivity index (χ3n) is 3.01. The summed E-state index contributed by atoms with van der Waals surface area (Å²) in [6.45, 7) is 0.576. The smallest absolute Gasteiger partial charge is 0.161 e. The van der Waals surface area contributed by atoms with Crippen LogP contribution in [-0.4, -0.2) is 11.7 Å². The van der Waals surface area contributed by atoms with Gasteiger partial charge in [0.15, 0.2) is 11.5 Å². The Kier molecular flexibility index (Phi) is 3.38. The summed E-state index contributed by atoms with van der Waals surface area (Å²) < 4.78 is 5.67. The molecule has 0 saturated carbocycles. The molecule has 0 aliphatic rings. The highest BCUT2D eigenvalue weighted by atomic mass is 32.1. The number of benzene rings is 2. The second-order valence-corrected chi connectivity index (χ2v) is 5.38. The van der Waals surface area contributed by atoms with E-state index in [9.17, 15) is 5.11 Å². The van der Waals surface area contributed by atoms with Crippen LogP contribution >= 0.6 is 11.3 Å². The SMILES string of the molecule is Oc1cc2ccccc2cc1OCCc1cccs1. The second kappa shape index (κ2) is 5.33. The zero-order valence-electron chi connectivity index (χ0n) is 10.4. The van der Waals surface area contributed by atoms with Crippen LogP contribution in [0.25, 0.3) is 10.8 Å². The molecule has 3 rings (SSSR count). The molecule has 0 atom stereocenters. The van der Waals surface area contributed by atoms with E-state index in [1.165, 1.54) is 4.88 Å². The minimum absolute atomic E-state index is 0.199. The number of thiophene rings is 1. The number of fused-ring (bicyclic) bond motifs is 1. The Morgan fingerprint density at radius 2 is 1.79 bits per heavy atom. The van der Waals surface area contributed by atoms with Crippen molar-refractivity contribution in [2.75, 3.05) is 6.61 Å². The van der Waals surface area contributed by atoms with Crippen molar-refractivity contribution in [1.29, 1.82) is 0 Å². The highest BCUT2D eigenvalue weighted by molar-refractivity contribution is 7.09. The molecule has 1 aromatic heterocycles. The highest BCUT2D eigenvalue weighted by Gasteiger charge is 2.05. The molecule has 96 valence electrons. The van der Waals surface area contributed by atoms with Crippen LogP contribution in [0.5, 0.6) is 11.5 Å². The first-order chi connectivity index (χ1) is 9.33. The number of hydrogen-bond acceptors (Lipinski definition) is 3. The molecule has 0 fully saturated rings. The lowest BCUT2D eigenvalue weighted by molar-refractivity contribution is 0.304. The largest absolute Gasteiger partial charge is 0.504 e. The lowest BCUT2D eigenvalue weighted by Gasteiger charge is -2.09. The fourth-order valence-corrected chi connectivity index (χ4v) is 2.73. The quantitative estimate of drug-likeness (QED) is 0.768. The van der Waals surface area contributed by atoms with Crippen molar-refractivity contribution in [2.45, 2.75) is 6.42 Å². The maximum Gasteiger partial charge on any atom is 0.161 e. The van der Waals surface area contributed by atoms with Crippen LogP contribution in [-0.2, 0) is 6.42 Å². The molecule has 0 saturated heterocycles. The number of rotatable bonds is 4. The first-order valence-corrected chi connectivity index (χ1v) is 7.08. The summed E-state index contributed by atoms with van der Waals surface area (Å²) in [6.07, 6.45) is 0.865. The minimum atomic E-state index is 0.199. The predicted octanol–water partition coefficient (Wildman–Crippen LogP) is 4.23. The molecular formula is C16H14O2S. The first kappa shape index (κ1) is 12.1. The van der Waals surface area contributed by atoms with Gasteiger partial charge in [-0.15, -0.1) is 11.3 Å². The number of phenols is 1. The molecular weight excluding hydrogens is 256 g/mol. The molecule has 1 N–H and O–H groups in total. The van der Waals surface area contributed by atoms with Crippen molar-refractivity contribution < 1.29 is 9.84 Å². The van der Waals surface area contributed by atoms with E-state index >= 15 is 0 Å². The number of phenolic OH excluding ortho intramolecular Hbond substituents is 1. The predicted molar refractivity (Wildman–Crippen MR) is 79.1 cm³/mol. The fraction of sp³-hybridized carbons (Fsp3) is 0.125. The van der Waals surface area contributed by atoms with Gasteiger partial charge in [0, 0.05) is 11.3 Å². The molecule has 0 unspecified atom stereocenters. The topological polar surface area (TPSA) is 29.5 Å². The van der Waals surface area contributed by atoms with Crippen molar-refractivity contribution in [2.24, 2.45) is 0 Å². The average molecular weight is 270 g/mol. The monoisotopic (exact) mass is 270 g/mol. The van der Waals surface area contributed by atoms with E-state index < -0.39 is 0 Å². The van der Waals surface area contributed by atoms with Crippen LogP contribution < -0.4 is 4.74 Å². The number of ether oxygens (including phenoxy) is 1. The van der Waals surface area contributed by atoms with Crippen molar-refractivity contribution >= 4 is 22.1 Å². The summed E-state index contributed by atoms with van der Waals surface area (Å²) in [6, 6.07) is 15.7. The highest BCUT2D eigenvalue weighted by Crippen LogP contribution is 2.31. The standard InChI is InChI=1S/C16H14O2S/c17-15-10-12-4-1-2-5-13(12)11-16(15)18-8-7-14-6-3-9-19-14/h1-6,9-11,17H,7-8H2. The van der Waals surface area contributed by atoms with Gasteiger partial charge >= 0.3 is 0 Å². The lowest BCUT2D eigenvalue weighted by atomic mass is 10.1. The Labute approximate surface area is 115 Å². The van der Waals surface area contributed by atoms with Gasteiger partial charge in [0.05, 0.1) is 6.61 Å². The number of aromatic hydroxyl groups is 1. The first-order valence-electron chi connectivity index (χ1n) is 6.20. The molecule has 0 amide bonds. The molecule has 0 spiro atoms. The van der Waals surface area contributed by atoms with Gasteiger partial charge in [-0.2, -0.15) is 0 Å². The van der Waals surface area contributed by atoms with Gasteiger partial charge in [-0.05, 0) is 34.4 Å². The van der Waals surface area contributed by atoms with E-state index in [2.05, 4.69) is 11.4 Å². The summed E-state index contributed by atoms with van der Waals surface area (Å²) in [5.74, 6) is 0.750. The van der Waals surface area contributed by atoms with Crippen molar-refractivity contribution in [3.05, 3.63) is 58.8 Å². The Balaban J connectivity index is 1.75. The van der Waals surface area contributed by atoms with Crippen LogP contribution in [0.15, 0.2) is 53.9 Å². The maximum absolute atomic E-state index is 9.94. The van der Waals surface area contributed by atoms with E-state index in [0.717, 1.165) is 17.2 Å². The van der Waals surface area contributed by atoms with Crippen LogP contribution in [0.1, 0.15) is 4.88 Å². The molecule has 0 aliphatic carbocycles. The summed E-state index contributed by atoms with van der Waals surface area (Å²) in [5.41, 5.74) is 0. The number of hydrogen-bond donors (Lipinski definition) is 1. The molecule has 0 radical (unpaired) electrons. The lowest BCUT2D eigenvalue weighted by Crippen LogP contribution is -2.00. The molecule has 2 aromatic carbocycles. The van der Waals surface area contributed by atoms with E-state index in [0.29, 0.717) is 12.4 Å². The molecule has 0 bridgehead atoms. The van der Waals surface area contributed by atoms with E-state index in [4.69, 9.17) is 4.74 Å². The van der Waals surface area contributed by atoms with Gasteiger partial charge in [-0.25, -0.2) is 0 Å². The third kappa shape index (κ3) is 2.71. The normalized spacial score (nSPS) is 10.7. The Bertz CT molecular complexity index is 674. The average Bonchev–Trinajstić information content (AvgIpc) is 2.92. The van der Waals surface area contributed by atoms with Crippen LogP contribution in [0, 0.1) is 0 Å². The zero-order chi connectivity index (χ0) is 13.1. The van der Waals surface area contributed by atoms with Gasteiger partial charge in [0.2, 0.25) is 0 Å². The zero-order valence-corrected chi connectivity index (χ0v) is 11.2. The fourth-order valence-electron chi connectivity index (χ4n) is 2.04. The van der Waals surface area contributed by atoms with Gasteiger partial charge in [0.25, 0.3) is 0 Å².